The van der Waals surface area contributed by atoms with Crippen LogP contribution in [0.3, 0.4) is 0 Å². The smallest absolute Gasteiger partial charge is 0.313 e. The van der Waals surface area contributed by atoms with Crippen molar-refractivity contribution < 1.29 is 14.0 Å². The van der Waals surface area contributed by atoms with Gasteiger partial charge in [0.05, 0.1) is 11.2 Å². The van der Waals surface area contributed by atoms with Crippen molar-refractivity contribution in [2.24, 2.45) is 7.05 Å². The molecule has 0 saturated carbocycles. The van der Waals surface area contributed by atoms with Crippen LogP contribution in [0.1, 0.15) is 11.1 Å². The van der Waals surface area contributed by atoms with Gasteiger partial charge in [0.1, 0.15) is 5.82 Å². The van der Waals surface area contributed by atoms with Gasteiger partial charge in [-0.1, -0.05) is 29.8 Å². The van der Waals surface area contributed by atoms with E-state index in [1.54, 1.807) is 10.6 Å². The highest BCUT2D eigenvalue weighted by molar-refractivity contribution is 6.39. The number of nitrogens with zero attached hydrogens (tertiary/aromatic N) is 3. The summed E-state index contributed by atoms with van der Waals surface area (Å²) < 4.78 is 16.2. The van der Waals surface area contributed by atoms with Gasteiger partial charge in [-0.25, -0.2) is 4.39 Å². The number of rotatable bonds is 3. The number of nitrogens with one attached hydrogen (secondary N) is 1. The lowest BCUT2D eigenvalue weighted by atomic mass is 10.1. The van der Waals surface area contributed by atoms with Crippen molar-refractivity contribution in [2.45, 2.75) is 13.5 Å². The summed E-state index contributed by atoms with van der Waals surface area (Å²) in [5.74, 6) is -2.00. The molecule has 0 bridgehead atoms. The molecule has 0 radical (unpaired) electrons. The predicted octanol–water partition coefficient (Wildman–Crippen LogP) is 2.91. The Balaban J connectivity index is 1.34. The van der Waals surface area contributed by atoms with E-state index in [0.717, 1.165) is 17.4 Å². The number of hydrogen-bond donors (Lipinski definition) is 1. The van der Waals surface area contributed by atoms with Crippen LogP contribution in [-0.2, 0) is 23.2 Å². The van der Waals surface area contributed by atoms with Gasteiger partial charge < -0.3 is 14.8 Å². The highest BCUT2D eigenvalue weighted by Gasteiger charge is 2.26. The van der Waals surface area contributed by atoms with Gasteiger partial charge in [-0.05, 0) is 24.6 Å². The molecule has 1 fully saturated rings. The van der Waals surface area contributed by atoms with Crippen LogP contribution in [0.4, 0.5) is 10.1 Å². The van der Waals surface area contributed by atoms with Crippen LogP contribution in [0, 0.1) is 12.7 Å². The highest BCUT2D eigenvalue weighted by atomic mass is 19.1. The standard InChI is InChI=1S/C23H25FN4O2/c1-16-3-5-17(6-4-16)15-27-9-11-28(12-10-27)23(30)22(29)25-20-13-18-7-8-26(2)21(18)14-19(20)24/h3-8,13-14H,9-12,15H2,1-2H3,(H,25,29). The third kappa shape index (κ3) is 4.21. The zero-order valence-electron chi connectivity index (χ0n) is 17.2. The van der Waals surface area contributed by atoms with E-state index in [1.165, 1.54) is 22.1 Å². The Kier molecular flexibility index (Phi) is 5.55. The second kappa shape index (κ2) is 8.28. The van der Waals surface area contributed by atoms with Gasteiger partial charge in [-0.3, -0.25) is 14.5 Å². The van der Waals surface area contributed by atoms with Crippen molar-refractivity contribution in [1.29, 1.82) is 0 Å². The van der Waals surface area contributed by atoms with E-state index >= 15 is 0 Å². The molecule has 3 aromatic rings. The van der Waals surface area contributed by atoms with Crippen molar-refractivity contribution in [1.82, 2.24) is 14.4 Å². The second-order valence-electron chi connectivity index (χ2n) is 7.83. The van der Waals surface area contributed by atoms with Gasteiger partial charge in [0.25, 0.3) is 0 Å². The van der Waals surface area contributed by atoms with E-state index in [9.17, 15) is 14.0 Å². The van der Waals surface area contributed by atoms with Crippen LogP contribution in [0.2, 0.25) is 0 Å². The van der Waals surface area contributed by atoms with E-state index in [2.05, 4.69) is 41.4 Å². The molecule has 1 saturated heterocycles. The molecule has 0 spiro atoms. The fourth-order valence-electron chi connectivity index (χ4n) is 3.77. The summed E-state index contributed by atoms with van der Waals surface area (Å²) in [7, 11) is 1.82. The summed E-state index contributed by atoms with van der Waals surface area (Å²) in [4.78, 5) is 28.8. The van der Waals surface area contributed by atoms with E-state index in [1.807, 2.05) is 19.3 Å². The monoisotopic (exact) mass is 408 g/mol. The molecule has 0 aliphatic carbocycles. The lowest BCUT2D eigenvalue weighted by molar-refractivity contribution is -0.144. The zero-order valence-corrected chi connectivity index (χ0v) is 17.2. The van der Waals surface area contributed by atoms with Gasteiger partial charge >= 0.3 is 11.8 Å². The summed E-state index contributed by atoms with van der Waals surface area (Å²) in [6, 6.07) is 13.1. The fourth-order valence-corrected chi connectivity index (χ4v) is 3.77. The molecule has 1 aromatic heterocycles. The molecule has 1 aliphatic rings. The van der Waals surface area contributed by atoms with Crippen molar-refractivity contribution >= 4 is 28.4 Å². The number of hydrogen-bond acceptors (Lipinski definition) is 3. The third-order valence-corrected chi connectivity index (χ3v) is 5.60. The van der Waals surface area contributed by atoms with E-state index in [0.29, 0.717) is 26.2 Å². The highest BCUT2D eigenvalue weighted by Crippen LogP contribution is 2.23. The zero-order chi connectivity index (χ0) is 21.3. The maximum absolute atomic E-state index is 14.4. The number of aryl methyl sites for hydroxylation is 2. The van der Waals surface area contributed by atoms with Gasteiger partial charge in [0.2, 0.25) is 0 Å². The van der Waals surface area contributed by atoms with Crippen LogP contribution in [0.25, 0.3) is 10.9 Å². The van der Waals surface area contributed by atoms with Gasteiger partial charge in [-0.15, -0.1) is 0 Å². The summed E-state index contributed by atoms with van der Waals surface area (Å²) in [6.07, 6.45) is 1.82. The van der Waals surface area contributed by atoms with Gasteiger partial charge in [-0.2, -0.15) is 0 Å². The van der Waals surface area contributed by atoms with Crippen LogP contribution in [0.5, 0.6) is 0 Å². The Morgan fingerprint density at radius 1 is 1.03 bits per heavy atom. The maximum atomic E-state index is 14.4. The van der Waals surface area contributed by atoms with Gasteiger partial charge in [0, 0.05) is 57.4 Å². The SMILES string of the molecule is Cc1ccc(CN2CCN(C(=O)C(=O)Nc3cc4ccn(C)c4cc3F)CC2)cc1. The minimum atomic E-state index is -0.809. The number of piperazine rings is 1. The Morgan fingerprint density at radius 2 is 1.73 bits per heavy atom. The number of anilines is 1. The molecule has 1 aliphatic heterocycles. The Bertz CT molecular complexity index is 1080. The van der Waals surface area contributed by atoms with Crippen LogP contribution < -0.4 is 5.32 Å². The normalized spacial score (nSPS) is 14.8. The molecule has 2 amide bonds. The van der Waals surface area contributed by atoms with Crippen LogP contribution in [-0.4, -0.2) is 52.4 Å². The summed E-state index contributed by atoms with van der Waals surface area (Å²) in [5, 5.41) is 3.23. The molecule has 156 valence electrons. The van der Waals surface area contributed by atoms with Crippen molar-refractivity contribution in [3.63, 3.8) is 0 Å². The molecule has 0 unspecified atom stereocenters. The molecule has 6 nitrogen and oxygen atoms in total. The first kappa shape index (κ1) is 20.1. The minimum Gasteiger partial charge on any atom is -0.350 e. The average Bonchev–Trinajstić information content (AvgIpc) is 3.09. The van der Waals surface area contributed by atoms with E-state index < -0.39 is 17.6 Å². The summed E-state index contributed by atoms with van der Waals surface area (Å²) in [5.41, 5.74) is 3.19. The van der Waals surface area contributed by atoms with Gasteiger partial charge in [0.15, 0.2) is 0 Å². The number of carbonyl (C=O) groups excluding carboxylic acids is 2. The lowest BCUT2D eigenvalue weighted by Gasteiger charge is -2.34. The number of benzene rings is 2. The maximum Gasteiger partial charge on any atom is 0.313 e. The molecule has 1 N–H and O–H groups in total. The first-order chi connectivity index (χ1) is 14.4. The predicted molar refractivity (Wildman–Crippen MR) is 115 cm³/mol. The average molecular weight is 408 g/mol. The van der Waals surface area contributed by atoms with Crippen molar-refractivity contribution in [3.05, 3.63) is 65.6 Å². The molecule has 7 heteroatoms. The Morgan fingerprint density at radius 3 is 2.43 bits per heavy atom. The van der Waals surface area contributed by atoms with E-state index in [4.69, 9.17) is 0 Å². The molecule has 2 aromatic carbocycles. The Hall–Kier alpha value is -3.19. The molecular formula is C23H25FN4O2. The minimum absolute atomic E-state index is 0.0186. The number of amides is 2. The van der Waals surface area contributed by atoms with Crippen LogP contribution in [0.15, 0.2) is 48.7 Å². The first-order valence-corrected chi connectivity index (χ1v) is 10.0. The second-order valence-corrected chi connectivity index (χ2v) is 7.83. The molecule has 0 atom stereocenters. The first-order valence-electron chi connectivity index (χ1n) is 10.0. The topological polar surface area (TPSA) is 57.6 Å². The number of fused-ring (bicyclic) bond motifs is 1. The largest absolute Gasteiger partial charge is 0.350 e. The lowest BCUT2D eigenvalue weighted by Crippen LogP contribution is -2.51. The van der Waals surface area contributed by atoms with Crippen molar-refractivity contribution in [3.8, 4) is 0 Å². The Labute approximate surface area is 174 Å². The van der Waals surface area contributed by atoms with Crippen molar-refractivity contribution in [2.75, 3.05) is 31.5 Å². The summed E-state index contributed by atoms with van der Waals surface area (Å²) >= 11 is 0. The quantitative estimate of drug-likeness (QED) is 0.678. The third-order valence-electron chi connectivity index (χ3n) is 5.60. The molecule has 2 heterocycles. The molecular weight excluding hydrogens is 383 g/mol. The molecule has 30 heavy (non-hydrogen) atoms. The fraction of sp³-hybridized carbons (Fsp3) is 0.304. The number of aromatic nitrogens is 1. The van der Waals surface area contributed by atoms with E-state index in [-0.39, 0.29) is 5.69 Å². The summed E-state index contributed by atoms with van der Waals surface area (Å²) in [6.45, 7) is 5.20. The molecule has 4 rings (SSSR count). The number of halogens is 1. The van der Waals surface area contributed by atoms with Crippen LogP contribution >= 0.6 is 0 Å². The number of carbonyl (C=O) groups is 2.